The van der Waals surface area contributed by atoms with Crippen molar-refractivity contribution in [3.63, 3.8) is 0 Å². The Labute approximate surface area is 112 Å². The molecule has 1 aromatic heterocycles. The Morgan fingerprint density at radius 3 is 2.60 bits per heavy atom. The summed E-state index contributed by atoms with van der Waals surface area (Å²) in [5.41, 5.74) is -0.878. The van der Waals surface area contributed by atoms with E-state index in [2.05, 4.69) is 20.3 Å². The Kier molecular flexibility index (Phi) is 3.05. The molecule has 2 aliphatic rings. The number of fused-ring (bicyclic) bond motifs is 1. The molecule has 1 fully saturated rings. The molecule has 9 heteroatoms. The zero-order valence-corrected chi connectivity index (χ0v) is 10.3. The van der Waals surface area contributed by atoms with Crippen molar-refractivity contribution in [3.8, 4) is 0 Å². The minimum absolute atomic E-state index is 0.0885. The van der Waals surface area contributed by atoms with E-state index in [9.17, 15) is 19.8 Å². The van der Waals surface area contributed by atoms with Gasteiger partial charge in [0, 0.05) is 12.3 Å². The molecule has 20 heavy (non-hydrogen) atoms. The molecule has 5 atom stereocenters. The normalized spacial score (nSPS) is 35.5. The molecular weight excluding hydrogens is 268 g/mol. The summed E-state index contributed by atoms with van der Waals surface area (Å²) in [6, 6.07) is -1.31. The molecule has 0 aromatic carbocycles. The third kappa shape index (κ3) is 1.83. The Balaban J connectivity index is 1.98. The zero-order valence-electron chi connectivity index (χ0n) is 10.3. The predicted octanol–water partition coefficient (Wildman–Crippen LogP) is -3.08. The molecule has 0 spiro atoms. The van der Waals surface area contributed by atoms with Crippen molar-refractivity contribution >= 4 is 11.9 Å². The summed E-state index contributed by atoms with van der Waals surface area (Å²) in [5.74, 6) is -0.554. The van der Waals surface area contributed by atoms with Gasteiger partial charge < -0.3 is 25.6 Å². The largest absolute Gasteiger partial charge is 0.395 e. The van der Waals surface area contributed by atoms with E-state index in [0.29, 0.717) is 5.69 Å². The van der Waals surface area contributed by atoms with Crippen LogP contribution < -0.4 is 16.6 Å². The highest BCUT2D eigenvalue weighted by Crippen LogP contribution is 2.33. The van der Waals surface area contributed by atoms with E-state index in [-0.39, 0.29) is 12.3 Å². The quantitative estimate of drug-likeness (QED) is 0.338. The number of nitrogens with zero attached hydrogens (tertiary/aromatic N) is 1. The van der Waals surface area contributed by atoms with E-state index in [0.717, 1.165) is 0 Å². The molecule has 0 saturated carbocycles. The van der Waals surface area contributed by atoms with E-state index in [1.165, 1.54) is 6.21 Å². The smallest absolute Gasteiger partial charge is 0.326 e. The SMILES string of the molecule is O=c1[nH]c2c(c(=O)[nH]1)N=CC2[C@@H]1N[C@H](CO)[C@@H](O)[C@H]1O. The average Bonchev–Trinajstić information content (AvgIpc) is 2.93. The number of aromatic nitrogens is 2. The van der Waals surface area contributed by atoms with Crippen molar-refractivity contribution in [2.24, 2.45) is 4.99 Å². The van der Waals surface area contributed by atoms with E-state index in [1.807, 2.05) is 0 Å². The molecule has 0 aliphatic carbocycles. The lowest BCUT2D eigenvalue weighted by Crippen LogP contribution is -2.40. The number of aliphatic imine (C=N–C) groups is 1. The summed E-state index contributed by atoms with van der Waals surface area (Å²) >= 11 is 0. The lowest BCUT2D eigenvalue weighted by atomic mass is 9.94. The number of rotatable bonds is 2. The number of nitrogens with one attached hydrogen (secondary N) is 3. The molecule has 6 N–H and O–H groups in total. The summed E-state index contributed by atoms with van der Waals surface area (Å²) < 4.78 is 0. The second kappa shape index (κ2) is 4.63. The van der Waals surface area contributed by atoms with Crippen molar-refractivity contribution in [3.05, 3.63) is 26.5 Å². The lowest BCUT2D eigenvalue weighted by molar-refractivity contribution is 0.0189. The first kappa shape index (κ1) is 13.2. The summed E-state index contributed by atoms with van der Waals surface area (Å²) in [6.07, 6.45) is -0.836. The molecule has 1 unspecified atom stereocenters. The van der Waals surface area contributed by atoms with Crippen LogP contribution in [0.15, 0.2) is 14.6 Å². The van der Waals surface area contributed by atoms with Gasteiger partial charge in [0.25, 0.3) is 5.56 Å². The van der Waals surface area contributed by atoms with E-state index in [4.69, 9.17) is 5.11 Å². The van der Waals surface area contributed by atoms with Crippen molar-refractivity contribution in [2.75, 3.05) is 6.61 Å². The number of aromatic amines is 2. The molecule has 3 heterocycles. The van der Waals surface area contributed by atoms with Crippen LogP contribution in [0.25, 0.3) is 0 Å². The van der Waals surface area contributed by atoms with Gasteiger partial charge in [-0.15, -0.1) is 0 Å². The summed E-state index contributed by atoms with van der Waals surface area (Å²) in [5, 5.41) is 31.8. The van der Waals surface area contributed by atoms with E-state index >= 15 is 0 Å². The van der Waals surface area contributed by atoms with Gasteiger partial charge in [-0.3, -0.25) is 14.8 Å². The number of hydrogen-bond acceptors (Lipinski definition) is 7. The van der Waals surface area contributed by atoms with Gasteiger partial charge in [-0.05, 0) is 0 Å². The van der Waals surface area contributed by atoms with Gasteiger partial charge in [0.2, 0.25) is 0 Å². The standard InChI is InChI=1S/C11H14N4O5/c16-2-4-8(17)9(18)6(13-4)3-1-12-7-5(3)14-11(20)15-10(7)19/h1,3-4,6,8-9,13,16-18H,2H2,(H2,14,15,19,20)/t3?,4-,6+,8-,9+/m1/s1. The third-order valence-electron chi connectivity index (χ3n) is 3.76. The molecule has 9 nitrogen and oxygen atoms in total. The molecule has 108 valence electrons. The van der Waals surface area contributed by atoms with Crippen LogP contribution in [0, 0.1) is 0 Å². The van der Waals surface area contributed by atoms with Crippen molar-refractivity contribution in [1.29, 1.82) is 0 Å². The predicted molar refractivity (Wildman–Crippen MR) is 68.4 cm³/mol. The summed E-state index contributed by atoms with van der Waals surface area (Å²) in [6.45, 7) is -0.336. The van der Waals surface area contributed by atoms with Crippen LogP contribution in [0.2, 0.25) is 0 Å². The van der Waals surface area contributed by atoms with Crippen LogP contribution in [0.5, 0.6) is 0 Å². The highest BCUT2D eigenvalue weighted by molar-refractivity contribution is 5.80. The fourth-order valence-electron chi connectivity index (χ4n) is 2.74. The van der Waals surface area contributed by atoms with E-state index in [1.54, 1.807) is 0 Å². The van der Waals surface area contributed by atoms with Crippen LogP contribution in [-0.2, 0) is 0 Å². The van der Waals surface area contributed by atoms with Gasteiger partial charge in [-0.2, -0.15) is 0 Å². The lowest BCUT2D eigenvalue weighted by Gasteiger charge is -2.21. The third-order valence-corrected chi connectivity index (χ3v) is 3.76. The first-order valence-corrected chi connectivity index (χ1v) is 6.16. The second-order valence-electron chi connectivity index (χ2n) is 4.94. The minimum Gasteiger partial charge on any atom is -0.395 e. The maximum Gasteiger partial charge on any atom is 0.326 e. The van der Waals surface area contributed by atoms with E-state index < -0.39 is 41.5 Å². The Morgan fingerprint density at radius 2 is 1.95 bits per heavy atom. The monoisotopic (exact) mass is 282 g/mol. The Bertz CT molecular complexity index is 666. The first-order chi connectivity index (χ1) is 9.52. The van der Waals surface area contributed by atoms with Gasteiger partial charge in [0.15, 0.2) is 0 Å². The molecule has 1 aromatic rings. The molecule has 0 radical (unpaired) electrons. The highest BCUT2D eigenvalue weighted by atomic mass is 16.3. The van der Waals surface area contributed by atoms with Gasteiger partial charge in [0.1, 0.15) is 5.69 Å². The molecule has 2 aliphatic heterocycles. The van der Waals surface area contributed by atoms with Crippen LogP contribution in [0.3, 0.4) is 0 Å². The fourth-order valence-corrected chi connectivity index (χ4v) is 2.74. The first-order valence-electron chi connectivity index (χ1n) is 6.16. The molecular formula is C11H14N4O5. The van der Waals surface area contributed by atoms with Gasteiger partial charge >= 0.3 is 5.69 Å². The fraction of sp³-hybridized carbons (Fsp3) is 0.545. The number of hydrogen-bond donors (Lipinski definition) is 6. The second-order valence-corrected chi connectivity index (χ2v) is 4.94. The molecule has 0 bridgehead atoms. The topological polar surface area (TPSA) is 151 Å². The molecule has 0 amide bonds. The molecule has 3 rings (SSSR count). The zero-order chi connectivity index (χ0) is 14.4. The van der Waals surface area contributed by atoms with Crippen LogP contribution in [0.4, 0.5) is 5.69 Å². The summed E-state index contributed by atoms with van der Waals surface area (Å²) in [7, 11) is 0. The van der Waals surface area contributed by atoms with Crippen LogP contribution in [0.1, 0.15) is 11.6 Å². The van der Waals surface area contributed by atoms with Gasteiger partial charge in [-0.25, -0.2) is 4.79 Å². The van der Waals surface area contributed by atoms with Gasteiger partial charge in [0.05, 0.1) is 36.5 Å². The van der Waals surface area contributed by atoms with Crippen LogP contribution in [-0.4, -0.2) is 62.4 Å². The maximum absolute atomic E-state index is 11.6. The number of aliphatic hydroxyl groups is 3. The Morgan fingerprint density at radius 1 is 1.20 bits per heavy atom. The van der Waals surface area contributed by atoms with Crippen molar-refractivity contribution in [1.82, 2.24) is 15.3 Å². The van der Waals surface area contributed by atoms with Gasteiger partial charge in [-0.1, -0.05) is 0 Å². The van der Waals surface area contributed by atoms with Crippen LogP contribution >= 0.6 is 0 Å². The average molecular weight is 282 g/mol. The number of H-pyrrole nitrogens is 2. The Hall–Kier alpha value is -1.81. The maximum atomic E-state index is 11.6. The number of aliphatic hydroxyl groups excluding tert-OH is 3. The minimum atomic E-state index is -1.14. The molecule has 1 saturated heterocycles. The van der Waals surface area contributed by atoms with Crippen molar-refractivity contribution < 1.29 is 15.3 Å². The summed E-state index contributed by atoms with van der Waals surface area (Å²) in [4.78, 5) is 31.4. The van der Waals surface area contributed by atoms with Crippen molar-refractivity contribution in [2.45, 2.75) is 30.2 Å². The highest BCUT2D eigenvalue weighted by Gasteiger charge is 2.46.